The Morgan fingerprint density at radius 2 is 1.67 bits per heavy atom. The molecule has 0 radical (unpaired) electrons. The molecule has 3 N–H and O–H groups in total. The van der Waals surface area contributed by atoms with Crippen LogP contribution in [0.1, 0.15) is 46.5 Å². The molecule has 0 unspecified atom stereocenters. The lowest BCUT2D eigenvalue weighted by molar-refractivity contribution is -0.123. The van der Waals surface area contributed by atoms with Crippen molar-refractivity contribution in [1.29, 1.82) is 0 Å². The predicted octanol–water partition coefficient (Wildman–Crippen LogP) is 0.789. The molecule has 0 aromatic heterocycles. The van der Waals surface area contributed by atoms with Crippen LogP contribution in [0.2, 0.25) is 0 Å². The molecule has 0 aromatic rings. The van der Waals surface area contributed by atoms with E-state index in [-0.39, 0.29) is 11.4 Å². The summed E-state index contributed by atoms with van der Waals surface area (Å²) >= 11 is 0. The Balaban J connectivity index is 1.67. The van der Waals surface area contributed by atoms with Gasteiger partial charge in [-0.25, -0.2) is 0 Å². The van der Waals surface area contributed by atoms with E-state index in [1.807, 2.05) is 0 Å². The van der Waals surface area contributed by atoms with Gasteiger partial charge in [-0.2, -0.15) is 0 Å². The Labute approximate surface area is 129 Å². The number of nitrogens with two attached hydrogens (primary N) is 1. The number of rotatable bonds is 3. The highest BCUT2D eigenvalue weighted by Crippen LogP contribution is 2.20. The molecular formula is C16H32N4O. The van der Waals surface area contributed by atoms with Gasteiger partial charge in [0.25, 0.3) is 0 Å². The second-order valence-corrected chi connectivity index (χ2v) is 7.61. The number of nitrogens with one attached hydrogen (secondary N) is 1. The molecule has 21 heavy (non-hydrogen) atoms. The summed E-state index contributed by atoms with van der Waals surface area (Å²) < 4.78 is 0. The molecule has 0 aliphatic carbocycles. The van der Waals surface area contributed by atoms with Gasteiger partial charge in [0.15, 0.2) is 0 Å². The Bertz CT molecular complexity index is 337. The summed E-state index contributed by atoms with van der Waals surface area (Å²) in [5.41, 5.74) is 6.13. The number of hydrogen-bond donors (Lipinski definition) is 2. The van der Waals surface area contributed by atoms with Crippen LogP contribution in [0.25, 0.3) is 0 Å². The van der Waals surface area contributed by atoms with Crippen LogP contribution in [0.3, 0.4) is 0 Å². The largest absolute Gasteiger partial charge is 0.352 e. The van der Waals surface area contributed by atoms with Crippen molar-refractivity contribution in [3.05, 3.63) is 0 Å². The molecule has 0 bridgehead atoms. The molecule has 2 heterocycles. The van der Waals surface area contributed by atoms with E-state index < -0.39 is 0 Å². The molecule has 2 aliphatic heterocycles. The normalized spacial score (nSPS) is 24.2. The zero-order valence-corrected chi connectivity index (χ0v) is 13.9. The zero-order valence-electron chi connectivity index (χ0n) is 13.9. The van der Waals surface area contributed by atoms with Crippen molar-refractivity contribution in [3.63, 3.8) is 0 Å². The van der Waals surface area contributed by atoms with E-state index in [1.165, 1.54) is 0 Å². The van der Waals surface area contributed by atoms with Crippen LogP contribution in [0.4, 0.5) is 0 Å². The van der Waals surface area contributed by atoms with E-state index in [2.05, 4.69) is 35.9 Å². The maximum atomic E-state index is 12.1. The van der Waals surface area contributed by atoms with E-state index in [4.69, 9.17) is 5.73 Å². The summed E-state index contributed by atoms with van der Waals surface area (Å²) in [6.07, 6.45) is 4.15. The van der Waals surface area contributed by atoms with E-state index in [9.17, 15) is 4.79 Å². The monoisotopic (exact) mass is 296 g/mol. The van der Waals surface area contributed by atoms with Crippen LogP contribution in [0.5, 0.6) is 0 Å². The van der Waals surface area contributed by atoms with Crippen molar-refractivity contribution in [1.82, 2.24) is 15.1 Å². The molecule has 0 spiro atoms. The highest BCUT2D eigenvalue weighted by atomic mass is 16.2. The van der Waals surface area contributed by atoms with Crippen molar-refractivity contribution < 1.29 is 4.79 Å². The number of carbonyl (C=O) groups excluding carboxylic acids is 1. The molecule has 2 aliphatic rings. The first kappa shape index (κ1) is 16.7. The van der Waals surface area contributed by atoms with Gasteiger partial charge in [0.2, 0.25) is 5.91 Å². The number of piperidine rings is 2. The average Bonchev–Trinajstić information content (AvgIpc) is 2.41. The maximum Gasteiger partial charge on any atom is 0.234 e. The first-order chi connectivity index (χ1) is 9.84. The van der Waals surface area contributed by atoms with Crippen LogP contribution in [-0.4, -0.2) is 66.1 Å². The summed E-state index contributed by atoms with van der Waals surface area (Å²) in [5, 5.41) is 3.21. The lowest BCUT2D eigenvalue weighted by Crippen LogP contribution is -2.52. The molecule has 2 rings (SSSR count). The Hall–Kier alpha value is -0.650. The number of carbonyl (C=O) groups is 1. The number of likely N-dealkylation sites (tertiary alicyclic amines) is 2. The minimum atomic E-state index is 0.180. The first-order valence-corrected chi connectivity index (χ1v) is 8.37. The molecule has 1 amide bonds. The van der Waals surface area contributed by atoms with E-state index >= 15 is 0 Å². The van der Waals surface area contributed by atoms with Gasteiger partial charge in [0, 0.05) is 43.8 Å². The number of hydrogen-bond acceptors (Lipinski definition) is 4. The summed E-state index contributed by atoms with van der Waals surface area (Å²) in [6.45, 7) is 11.4. The molecular weight excluding hydrogens is 264 g/mol. The van der Waals surface area contributed by atoms with Crippen LogP contribution < -0.4 is 11.1 Å². The van der Waals surface area contributed by atoms with Crippen LogP contribution >= 0.6 is 0 Å². The highest BCUT2D eigenvalue weighted by molar-refractivity contribution is 5.78. The van der Waals surface area contributed by atoms with Crippen molar-refractivity contribution in [3.8, 4) is 0 Å². The van der Waals surface area contributed by atoms with Gasteiger partial charge in [-0.15, -0.1) is 0 Å². The number of amides is 1. The topological polar surface area (TPSA) is 61.6 Å². The minimum Gasteiger partial charge on any atom is -0.352 e. The summed E-state index contributed by atoms with van der Waals surface area (Å²) in [6, 6.07) is 0.675. The van der Waals surface area contributed by atoms with E-state index in [0.717, 1.165) is 51.9 Å². The Morgan fingerprint density at radius 1 is 1.10 bits per heavy atom. The van der Waals surface area contributed by atoms with Crippen molar-refractivity contribution in [2.75, 3.05) is 32.7 Å². The molecule has 0 atom stereocenters. The molecule has 2 fully saturated rings. The molecule has 0 saturated carbocycles. The maximum absolute atomic E-state index is 12.1. The van der Waals surface area contributed by atoms with Gasteiger partial charge in [0.1, 0.15) is 0 Å². The van der Waals surface area contributed by atoms with Crippen LogP contribution in [0.15, 0.2) is 0 Å². The van der Waals surface area contributed by atoms with Gasteiger partial charge in [-0.05, 0) is 46.5 Å². The van der Waals surface area contributed by atoms with Gasteiger partial charge in [0.05, 0.1) is 6.54 Å². The third-order valence-electron chi connectivity index (χ3n) is 4.81. The Morgan fingerprint density at radius 3 is 2.19 bits per heavy atom. The smallest absolute Gasteiger partial charge is 0.234 e. The molecule has 2 saturated heterocycles. The van der Waals surface area contributed by atoms with Crippen molar-refractivity contribution in [2.45, 2.75) is 64.1 Å². The SMILES string of the molecule is CC(C)(C)N1CCC(NC(=O)CN2CCC(N)CC2)CC1. The summed E-state index contributed by atoms with van der Waals surface area (Å²) in [4.78, 5) is 16.9. The van der Waals surface area contributed by atoms with Gasteiger partial charge < -0.3 is 11.1 Å². The van der Waals surface area contributed by atoms with Gasteiger partial charge in [-0.3, -0.25) is 14.6 Å². The molecule has 0 aromatic carbocycles. The average molecular weight is 296 g/mol. The van der Waals surface area contributed by atoms with E-state index in [1.54, 1.807) is 0 Å². The second-order valence-electron chi connectivity index (χ2n) is 7.61. The van der Waals surface area contributed by atoms with Crippen LogP contribution in [0, 0.1) is 0 Å². The predicted molar refractivity (Wildman–Crippen MR) is 86.1 cm³/mol. The quantitative estimate of drug-likeness (QED) is 0.808. The summed E-state index contributed by atoms with van der Waals surface area (Å²) in [5.74, 6) is 0.180. The van der Waals surface area contributed by atoms with Gasteiger partial charge >= 0.3 is 0 Å². The van der Waals surface area contributed by atoms with Crippen molar-refractivity contribution >= 4 is 5.91 Å². The highest BCUT2D eigenvalue weighted by Gasteiger charge is 2.28. The fourth-order valence-corrected chi connectivity index (χ4v) is 3.28. The van der Waals surface area contributed by atoms with E-state index in [0.29, 0.717) is 18.6 Å². The fraction of sp³-hybridized carbons (Fsp3) is 0.938. The molecule has 122 valence electrons. The standard InChI is InChI=1S/C16H32N4O/c1-16(2,3)20-10-6-14(7-11-20)18-15(21)12-19-8-4-13(17)5-9-19/h13-14H,4-12,17H2,1-3H3,(H,18,21). The summed E-state index contributed by atoms with van der Waals surface area (Å²) in [7, 11) is 0. The third-order valence-corrected chi connectivity index (χ3v) is 4.81. The van der Waals surface area contributed by atoms with Crippen LogP contribution in [-0.2, 0) is 4.79 Å². The second kappa shape index (κ2) is 7.07. The lowest BCUT2D eigenvalue weighted by Gasteiger charge is -2.41. The molecule has 5 heteroatoms. The zero-order chi connectivity index (χ0) is 15.5. The van der Waals surface area contributed by atoms with Crippen molar-refractivity contribution in [2.24, 2.45) is 5.73 Å². The Kier molecular flexibility index (Phi) is 5.63. The van der Waals surface area contributed by atoms with Gasteiger partial charge in [-0.1, -0.05) is 0 Å². The first-order valence-electron chi connectivity index (χ1n) is 8.37. The molecule has 5 nitrogen and oxygen atoms in total. The number of nitrogens with zero attached hydrogens (tertiary/aromatic N) is 2. The third kappa shape index (κ3) is 5.24. The minimum absolute atomic E-state index is 0.180. The lowest BCUT2D eigenvalue weighted by atomic mass is 9.98. The fourth-order valence-electron chi connectivity index (χ4n) is 3.28.